The Hall–Kier alpha value is -3.88. The van der Waals surface area contributed by atoms with Gasteiger partial charge in [-0.1, -0.05) is 35.3 Å². The average Bonchev–Trinajstić information content (AvgIpc) is 2.82. The van der Waals surface area contributed by atoms with E-state index < -0.39 is 23.8 Å². The predicted octanol–water partition coefficient (Wildman–Crippen LogP) is 5.10. The third-order valence-electron chi connectivity index (χ3n) is 5.06. The molecule has 0 aromatic heterocycles. The lowest BCUT2D eigenvalue weighted by molar-refractivity contribution is 0.0600. The van der Waals surface area contributed by atoms with Crippen molar-refractivity contribution in [1.29, 1.82) is 0 Å². The van der Waals surface area contributed by atoms with E-state index in [-0.39, 0.29) is 27.9 Å². The van der Waals surface area contributed by atoms with Gasteiger partial charge in [0.05, 0.1) is 35.1 Å². The normalized spacial score (nSPS) is 10.4. The molecule has 0 fully saturated rings. The Morgan fingerprint density at radius 3 is 2.17 bits per heavy atom. The number of nitrogens with zero attached hydrogens (tertiary/aromatic N) is 1. The number of rotatable bonds is 6. The Morgan fingerprint density at radius 1 is 0.886 bits per heavy atom. The number of carboxylic acids is 1. The van der Waals surface area contributed by atoms with Crippen molar-refractivity contribution in [3.05, 3.63) is 86.9 Å². The van der Waals surface area contributed by atoms with Crippen LogP contribution in [0.4, 0.5) is 5.69 Å². The molecule has 8 nitrogen and oxygen atoms in total. The van der Waals surface area contributed by atoms with Crippen LogP contribution in [-0.4, -0.2) is 55.0 Å². The van der Waals surface area contributed by atoms with Gasteiger partial charge in [0.2, 0.25) is 0 Å². The molecule has 0 aliphatic heterocycles. The number of aromatic carboxylic acids is 1. The van der Waals surface area contributed by atoms with E-state index in [1.807, 2.05) is 0 Å². The Labute approximate surface area is 211 Å². The van der Waals surface area contributed by atoms with Crippen molar-refractivity contribution in [1.82, 2.24) is 4.90 Å². The van der Waals surface area contributed by atoms with Crippen LogP contribution in [0, 0.1) is 0 Å². The molecule has 10 heteroatoms. The number of halogens is 2. The molecule has 2 amide bonds. The van der Waals surface area contributed by atoms with Crippen LogP contribution in [0.2, 0.25) is 10.0 Å². The number of hydrogen-bond acceptors (Lipinski definition) is 5. The highest BCUT2D eigenvalue weighted by atomic mass is 35.5. The number of ether oxygens (including phenoxy) is 1. The third-order valence-corrected chi connectivity index (χ3v) is 5.61. The topological polar surface area (TPSA) is 113 Å². The van der Waals surface area contributed by atoms with Gasteiger partial charge in [-0.2, -0.15) is 0 Å². The molecule has 0 radical (unpaired) electrons. The van der Waals surface area contributed by atoms with E-state index in [9.17, 15) is 24.3 Å². The van der Waals surface area contributed by atoms with E-state index in [0.29, 0.717) is 21.2 Å². The quantitative estimate of drug-likeness (QED) is 0.442. The van der Waals surface area contributed by atoms with Crippen molar-refractivity contribution in [2.24, 2.45) is 0 Å². The summed E-state index contributed by atoms with van der Waals surface area (Å²) in [5, 5.41) is 12.8. The monoisotopic (exact) mass is 514 g/mol. The van der Waals surface area contributed by atoms with E-state index in [1.54, 1.807) is 30.3 Å². The van der Waals surface area contributed by atoms with Crippen LogP contribution >= 0.6 is 23.2 Å². The van der Waals surface area contributed by atoms with Crippen LogP contribution in [-0.2, 0) is 4.74 Å². The summed E-state index contributed by atoms with van der Waals surface area (Å²) in [6, 6.07) is 13.2. The predicted molar refractivity (Wildman–Crippen MR) is 133 cm³/mol. The van der Waals surface area contributed by atoms with Crippen molar-refractivity contribution >= 4 is 52.6 Å². The smallest absolute Gasteiger partial charge is 0.339 e. The van der Waals surface area contributed by atoms with Crippen LogP contribution in [0.3, 0.4) is 0 Å². The summed E-state index contributed by atoms with van der Waals surface area (Å²) in [7, 11) is 4.16. The number of hydrogen-bond donors (Lipinski definition) is 2. The van der Waals surface area contributed by atoms with Crippen molar-refractivity contribution in [2.45, 2.75) is 0 Å². The largest absolute Gasteiger partial charge is 0.478 e. The summed E-state index contributed by atoms with van der Waals surface area (Å²) in [5.41, 5.74) is 1.04. The molecule has 0 aliphatic carbocycles. The number of amides is 2. The minimum atomic E-state index is -1.25. The first-order valence-corrected chi connectivity index (χ1v) is 10.9. The van der Waals surface area contributed by atoms with Crippen molar-refractivity contribution < 1.29 is 29.0 Å². The molecule has 0 heterocycles. The highest BCUT2D eigenvalue weighted by Gasteiger charge is 2.23. The highest BCUT2D eigenvalue weighted by Crippen LogP contribution is 2.33. The van der Waals surface area contributed by atoms with Crippen molar-refractivity contribution in [2.75, 3.05) is 26.5 Å². The molecule has 0 saturated carbocycles. The Balaban J connectivity index is 2.10. The van der Waals surface area contributed by atoms with Crippen LogP contribution in [0.15, 0.2) is 54.6 Å². The fraction of sp³-hybridized carbons (Fsp3) is 0.120. The Kier molecular flexibility index (Phi) is 7.78. The maximum atomic E-state index is 13.2. The zero-order valence-corrected chi connectivity index (χ0v) is 20.4. The number of benzene rings is 3. The van der Waals surface area contributed by atoms with Gasteiger partial charge in [-0.25, -0.2) is 9.59 Å². The molecule has 0 spiro atoms. The molecule has 180 valence electrons. The van der Waals surface area contributed by atoms with Crippen LogP contribution in [0.25, 0.3) is 11.1 Å². The maximum absolute atomic E-state index is 13.2. The lowest BCUT2D eigenvalue weighted by atomic mass is 10.00. The third kappa shape index (κ3) is 5.62. The van der Waals surface area contributed by atoms with Crippen LogP contribution < -0.4 is 5.32 Å². The van der Waals surface area contributed by atoms with Gasteiger partial charge in [-0.15, -0.1) is 0 Å². The number of esters is 1. The molecule has 0 saturated heterocycles. The summed E-state index contributed by atoms with van der Waals surface area (Å²) < 4.78 is 4.82. The maximum Gasteiger partial charge on any atom is 0.339 e. The lowest BCUT2D eigenvalue weighted by Gasteiger charge is -2.16. The standard InChI is InChI=1S/C25H20Cl2N2O6/c1-29(2)23(31)19-10-14(24(32)33)5-7-17(19)22(30)28-21-11-13(4-8-18(21)25(34)35-3)16-9-6-15(26)12-20(16)27/h4-12H,1-3H3,(H,28,30)(H,32,33). The van der Waals surface area contributed by atoms with E-state index >= 15 is 0 Å². The molecule has 0 aliphatic rings. The van der Waals surface area contributed by atoms with Gasteiger partial charge in [0, 0.05) is 29.7 Å². The Morgan fingerprint density at radius 2 is 1.57 bits per heavy atom. The lowest BCUT2D eigenvalue weighted by Crippen LogP contribution is -2.26. The van der Waals surface area contributed by atoms with E-state index in [4.69, 9.17) is 27.9 Å². The number of nitrogens with one attached hydrogen (secondary N) is 1. The molecule has 2 N–H and O–H groups in total. The summed E-state index contributed by atoms with van der Waals surface area (Å²) in [4.78, 5) is 50.9. The first-order chi connectivity index (χ1) is 16.5. The molecule has 35 heavy (non-hydrogen) atoms. The summed E-state index contributed by atoms with van der Waals surface area (Å²) in [5.74, 6) is -3.23. The molecule has 3 rings (SSSR count). The van der Waals surface area contributed by atoms with Crippen molar-refractivity contribution in [3.63, 3.8) is 0 Å². The van der Waals surface area contributed by atoms with Gasteiger partial charge in [-0.05, 0) is 48.0 Å². The number of methoxy groups -OCH3 is 1. The summed E-state index contributed by atoms with van der Waals surface area (Å²) in [6.45, 7) is 0. The Bertz CT molecular complexity index is 1350. The minimum Gasteiger partial charge on any atom is -0.478 e. The van der Waals surface area contributed by atoms with Gasteiger partial charge < -0.3 is 20.1 Å². The fourth-order valence-electron chi connectivity index (χ4n) is 3.31. The first-order valence-electron chi connectivity index (χ1n) is 10.1. The van der Waals surface area contributed by atoms with Gasteiger partial charge in [0.1, 0.15) is 0 Å². The van der Waals surface area contributed by atoms with E-state index in [0.717, 1.165) is 6.07 Å². The highest BCUT2D eigenvalue weighted by molar-refractivity contribution is 6.36. The molecule has 3 aromatic carbocycles. The van der Waals surface area contributed by atoms with Crippen LogP contribution in [0.5, 0.6) is 0 Å². The van der Waals surface area contributed by atoms with Gasteiger partial charge in [-0.3, -0.25) is 9.59 Å². The van der Waals surface area contributed by atoms with Gasteiger partial charge >= 0.3 is 11.9 Å². The molecule has 3 aromatic rings. The second-order valence-electron chi connectivity index (χ2n) is 7.60. The second-order valence-corrected chi connectivity index (χ2v) is 8.44. The van der Waals surface area contributed by atoms with Gasteiger partial charge in [0.25, 0.3) is 11.8 Å². The summed E-state index contributed by atoms with van der Waals surface area (Å²) >= 11 is 12.3. The zero-order chi connectivity index (χ0) is 25.9. The number of carbonyl (C=O) groups excluding carboxylic acids is 3. The van der Waals surface area contributed by atoms with E-state index in [2.05, 4.69) is 5.32 Å². The first kappa shape index (κ1) is 25.7. The number of anilines is 1. The number of carbonyl (C=O) groups is 4. The minimum absolute atomic E-state index is 0.0670. The van der Waals surface area contributed by atoms with Crippen LogP contribution in [0.1, 0.15) is 41.4 Å². The van der Waals surface area contributed by atoms with Crippen molar-refractivity contribution in [3.8, 4) is 11.1 Å². The fourth-order valence-corrected chi connectivity index (χ4v) is 3.83. The SMILES string of the molecule is COC(=O)c1ccc(-c2ccc(Cl)cc2Cl)cc1NC(=O)c1ccc(C(=O)O)cc1C(=O)N(C)C. The molecule has 0 atom stereocenters. The molecular formula is C25H20Cl2N2O6. The molecule has 0 bridgehead atoms. The van der Waals surface area contributed by atoms with E-state index in [1.165, 1.54) is 44.3 Å². The molecular weight excluding hydrogens is 495 g/mol. The second kappa shape index (κ2) is 10.6. The molecule has 0 unspecified atom stereocenters. The number of carboxylic acid groups (broad SMARTS) is 1. The average molecular weight is 515 g/mol. The summed E-state index contributed by atoms with van der Waals surface area (Å²) in [6.07, 6.45) is 0. The zero-order valence-electron chi connectivity index (χ0n) is 18.9. The van der Waals surface area contributed by atoms with Gasteiger partial charge in [0.15, 0.2) is 0 Å².